The van der Waals surface area contributed by atoms with Gasteiger partial charge >= 0.3 is 0 Å². The van der Waals surface area contributed by atoms with E-state index in [1.807, 2.05) is 4.90 Å². The van der Waals surface area contributed by atoms with Crippen LogP contribution in [0.25, 0.3) is 11.1 Å². The van der Waals surface area contributed by atoms with Gasteiger partial charge in [0.15, 0.2) is 14.9 Å². The van der Waals surface area contributed by atoms with Crippen molar-refractivity contribution >= 4 is 15.7 Å². The quantitative estimate of drug-likeness (QED) is 0.658. The van der Waals surface area contributed by atoms with Gasteiger partial charge in [0.05, 0.1) is 11.3 Å². The Morgan fingerprint density at radius 3 is 2.50 bits per heavy atom. The number of rotatable bonds is 6. The van der Waals surface area contributed by atoms with E-state index in [0.717, 1.165) is 25.9 Å². The van der Waals surface area contributed by atoms with Gasteiger partial charge in [-0.1, -0.05) is 13.0 Å². The van der Waals surface area contributed by atoms with Gasteiger partial charge in [-0.05, 0) is 69.0 Å². The third-order valence-electron chi connectivity index (χ3n) is 6.74. The fourth-order valence-electron chi connectivity index (χ4n) is 4.73. The molecule has 2 saturated heterocycles. The summed E-state index contributed by atoms with van der Waals surface area (Å²) in [7, 11) is -3.39. The number of hydrogen-bond donors (Lipinski definition) is 0. The number of sulfone groups is 1. The van der Waals surface area contributed by atoms with Gasteiger partial charge in [-0.15, -0.1) is 0 Å². The van der Waals surface area contributed by atoms with E-state index in [0.29, 0.717) is 23.7 Å². The zero-order valence-corrected chi connectivity index (χ0v) is 19.4. The minimum atomic E-state index is -3.39. The van der Waals surface area contributed by atoms with Crippen molar-refractivity contribution < 1.29 is 17.6 Å². The van der Waals surface area contributed by atoms with Gasteiger partial charge in [-0.2, -0.15) is 0 Å². The van der Waals surface area contributed by atoms with Crippen LogP contribution in [0.15, 0.2) is 41.6 Å². The largest absolute Gasteiger partial charge is 0.334 e. The first-order valence-electron chi connectivity index (χ1n) is 11.3. The Bertz CT molecular complexity index is 1090. The van der Waals surface area contributed by atoms with Crippen molar-refractivity contribution in [2.24, 2.45) is 0 Å². The van der Waals surface area contributed by atoms with Crippen molar-refractivity contribution in [3.8, 4) is 11.1 Å². The van der Waals surface area contributed by atoms with Crippen molar-refractivity contribution in [2.75, 3.05) is 25.4 Å². The van der Waals surface area contributed by atoms with Gasteiger partial charge in [-0.3, -0.25) is 9.69 Å². The number of likely N-dealkylation sites (tertiary alicyclic amines) is 2. The molecule has 0 N–H and O–H groups in total. The Kier molecular flexibility index (Phi) is 6.62. The molecule has 1 aromatic carbocycles. The molecule has 2 aliphatic heterocycles. The lowest BCUT2D eigenvalue weighted by Gasteiger charge is -2.31. The number of halogens is 1. The van der Waals surface area contributed by atoms with Gasteiger partial charge in [0.1, 0.15) is 5.82 Å². The molecule has 2 aliphatic rings. The van der Waals surface area contributed by atoms with Crippen molar-refractivity contribution in [1.29, 1.82) is 0 Å². The lowest BCUT2D eigenvalue weighted by Crippen LogP contribution is -2.44. The predicted molar refractivity (Wildman–Crippen MR) is 122 cm³/mol. The van der Waals surface area contributed by atoms with Gasteiger partial charge in [0.25, 0.3) is 5.91 Å². The molecule has 0 saturated carbocycles. The zero-order valence-electron chi connectivity index (χ0n) is 18.6. The van der Waals surface area contributed by atoms with E-state index in [1.165, 1.54) is 37.2 Å². The van der Waals surface area contributed by atoms with E-state index in [1.54, 1.807) is 19.1 Å². The molecule has 2 aromatic rings. The van der Waals surface area contributed by atoms with E-state index < -0.39 is 15.7 Å². The molecule has 1 aromatic heterocycles. The van der Waals surface area contributed by atoms with E-state index in [-0.39, 0.29) is 28.3 Å². The molecule has 3 heterocycles. The molecule has 0 unspecified atom stereocenters. The predicted octanol–water partition coefficient (Wildman–Crippen LogP) is 3.77. The first kappa shape index (κ1) is 22.9. The number of hydrogen-bond acceptors (Lipinski definition) is 5. The second-order valence-corrected chi connectivity index (χ2v) is 11.0. The van der Waals surface area contributed by atoms with Crippen molar-refractivity contribution in [1.82, 2.24) is 14.8 Å². The van der Waals surface area contributed by atoms with Crippen LogP contribution in [0.5, 0.6) is 0 Å². The summed E-state index contributed by atoms with van der Waals surface area (Å²) in [6.07, 6.45) is 5.70. The molecule has 4 rings (SSSR count). The molecule has 0 radical (unpaired) electrons. The Labute approximate surface area is 189 Å². The molecule has 1 amide bonds. The van der Waals surface area contributed by atoms with E-state index in [9.17, 15) is 17.6 Å². The Morgan fingerprint density at radius 2 is 1.88 bits per heavy atom. The molecule has 172 valence electrons. The summed E-state index contributed by atoms with van der Waals surface area (Å²) in [5.74, 6) is -0.859. The molecule has 0 bridgehead atoms. The van der Waals surface area contributed by atoms with Crippen LogP contribution >= 0.6 is 0 Å². The molecular formula is C24H30FN3O3S. The highest BCUT2D eigenvalue weighted by Gasteiger charge is 2.33. The molecule has 32 heavy (non-hydrogen) atoms. The molecule has 6 nitrogen and oxygen atoms in total. The lowest BCUT2D eigenvalue weighted by molar-refractivity contribution is 0.0692. The second-order valence-electron chi connectivity index (χ2n) is 8.76. The Hall–Kier alpha value is -2.32. The molecule has 2 atom stereocenters. The van der Waals surface area contributed by atoms with Gasteiger partial charge in [-0.25, -0.2) is 17.8 Å². The summed E-state index contributed by atoms with van der Waals surface area (Å²) in [4.78, 5) is 21.4. The lowest BCUT2D eigenvalue weighted by atomic mass is 10.0. The van der Waals surface area contributed by atoms with Crippen LogP contribution in [0.4, 0.5) is 4.39 Å². The van der Waals surface area contributed by atoms with Gasteiger partial charge in [0, 0.05) is 36.9 Å². The number of carbonyl (C=O) groups is 1. The average molecular weight is 460 g/mol. The van der Waals surface area contributed by atoms with Gasteiger partial charge in [0.2, 0.25) is 0 Å². The van der Waals surface area contributed by atoms with Crippen LogP contribution < -0.4 is 0 Å². The van der Waals surface area contributed by atoms with Crippen LogP contribution in [-0.4, -0.2) is 66.6 Å². The molecule has 2 fully saturated rings. The van der Waals surface area contributed by atoms with Crippen LogP contribution in [0.1, 0.15) is 49.9 Å². The molecule has 0 aliphatic carbocycles. The summed E-state index contributed by atoms with van der Waals surface area (Å²) >= 11 is 0. The minimum Gasteiger partial charge on any atom is -0.334 e. The third-order valence-corrected chi connectivity index (χ3v) is 8.38. The van der Waals surface area contributed by atoms with Crippen molar-refractivity contribution in [3.63, 3.8) is 0 Å². The first-order valence-corrected chi connectivity index (χ1v) is 13.0. The average Bonchev–Trinajstić information content (AvgIpc) is 3.42. The standard InChI is InChI=1S/C24H30FN3O3S/c1-3-32(30,31)23-11-9-19(15-26-23)18-8-10-21(22(25)14-18)24(29)28-13-5-7-20(28)16-27-12-4-6-17(27)2/h8-11,14-15,17,20H,3-7,12-13,16H2,1-2H3/t17-,20+/m1/s1. The Balaban J connectivity index is 1.51. The highest BCUT2D eigenvalue weighted by atomic mass is 32.2. The summed E-state index contributed by atoms with van der Waals surface area (Å²) in [6.45, 7) is 6.36. The monoisotopic (exact) mass is 459 g/mol. The van der Waals surface area contributed by atoms with Crippen LogP contribution in [0.3, 0.4) is 0 Å². The number of benzene rings is 1. The van der Waals surface area contributed by atoms with Crippen molar-refractivity contribution in [3.05, 3.63) is 47.9 Å². The first-order chi connectivity index (χ1) is 15.3. The summed E-state index contributed by atoms with van der Waals surface area (Å²) in [5.41, 5.74) is 1.23. The highest BCUT2D eigenvalue weighted by molar-refractivity contribution is 7.91. The van der Waals surface area contributed by atoms with E-state index >= 15 is 0 Å². The van der Waals surface area contributed by atoms with Crippen LogP contribution in [0, 0.1) is 5.82 Å². The normalized spacial score (nSPS) is 21.9. The van der Waals surface area contributed by atoms with Crippen LogP contribution in [0.2, 0.25) is 0 Å². The van der Waals surface area contributed by atoms with Gasteiger partial charge < -0.3 is 4.90 Å². The second kappa shape index (κ2) is 9.27. The maximum Gasteiger partial charge on any atom is 0.257 e. The maximum absolute atomic E-state index is 15.0. The van der Waals surface area contributed by atoms with Crippen LogP contribution in [-0.2, 0) is 9.84 Å². The highest BCUT2D eigenvalue weighted by Crippen LogP contribution is 2.27. The minimum absolute atomic E-state index is 0.00316. The topological polar surface area (TPSA) is 70.6 Å². The zero-order chi connectivity index (χ0) is 22.9. The molecular weight excluding hydrogens is 429 g/mol. The summed E-state index contributed by atoms with van der Waals surface area (Å²) in [6, 6.07) is 8.24. The van der Waals surface area contributed by atoms with E-state index in [2.05, 4.69) is 16.8 Å². The number of carbonyl (C=O) groups excluding carboxylic acids is 1. The molecule has 0 spiro atoms. The SMILES string of the molecule is CCS(=O)(=O)c1ccc(-c2ccc(C(=O)N3CCC[C@H]3CN3CCC[C@H]3C)c(F)c2)cn1. The summed E-state index contributed by atoms with van der Waals surface area (Å²) in [5, 5.41) is 0.00316. The number of nitrogens with zero attached hydrogens (tertiary/aromatic N) is 3. The number of amides is 1. The fraction of sp³-hybridized carbons (Fsp3) is 0.500. The van der Waals surface area contributed by atoms with Crippen molar-refractivity contribution in [2.45, 2.75) is 56.6 Å². The molecule has 8 heteroatoms. The van der Waals surface area contributed by atoms with E-state index in [4.69, 9.17) is 0 Å². The maximum atomic E-state index is 15.0. The summed E-state index contributed by atoms with van der Waals surface area (Å²) < 4.78 is 38.9. The fourth-order valence-corrected chi connectivity index (χ4v) is 5.52. The Morgan fingerprint density at radius 1 is 1.12 bits per heavy atom. The third kappa shape index (κ3) is 4.57. The number of aromatic nitrogens is 1. The smallest absolute Gasteiger partial charge is 0.257 e. The number of pyridine rings is 1.